The zero-order chi connectivity index (χ0) is 15.6. The molecule has 0 saturated carbocycles. The number of primary amides is 2. The molecule has 0 radical (unpaired) electrons. The van der Waals surface area contributed by atoms with Crippen LogP contribution >= 0.6 is 0 Å². The van der Waals surface area contributed by atoms with Gasteiger partial charge in [-0.1, -0.05) is 0 Å². The number of nitrogens with zero attached hydrogens (tertiary/aromatic N) is 4. The molecule has 1 aliphatic heterocycles. The SMILES string of the molecule is CC1=NN(C(N)=O)C(=O)[C@H]1N=Nc1ccc(C(N)=O)cc1. The first kappa shape index (κ1) is 14.3. The van der Waals surface area contributed by atoms with Gasteiger partial charge in [-0.25, -0.2) is 4.79 Å². The smallest absolute Gasteiger partial charge is 0.342 e. The summed E-state index contributed by atoms with van der Waals surface area (Å²) in [6.07, 6.45) is 0. The lowest BCUT2D eigenvalue weighted by Gasteiger charge is -2.05. The molecule has 9 heteroatoms. The summed E-state index contributed by atoms with van der Waals surface area (Å²) < 4.78 is 0. The third kappa shape index (κ3) is 2.91. The molecule has 108 valence electrons. The number of hydrogen-bond acceptors (Lipinski definition) is 6. The second kappa shape index (κ2) is 5.49. The van der Waals surface area contributed by atoms with Crippen molar-refractivity contribution in [3.05, 3.63) is 29.8 Å². The van der Waals surface area contributed by atoms with Crippen LogP contribution in [0.3, 0.4) is 0 Å². The predicted octanol–water partition coefficient (Wildman–Crippen LogP) is 0.535. The molecule has 1 aromatic carbocycles. The molecular weight excluding hydrogens is 276 g/mol. The topological polar surface area (TPSA) is 144 Å². The van der Waals surface area contributed by atoms with Gasteiger partial charge in [0, 0.05) is 5.56 Å². The van der Waals surface area contributed by atoms with Crippen LogP contribution in [0.15, 0.2) is 39.6 Å². The van der Waals surface area contributed by atoms with Crippen LogP contribution in [0.2, 0.25) is 0 Å². The van der Waals surface area contributed by atoms with Gasteiger partial charge in [-0.15, -0.1) is 5.01 Å². The highest BCUT2D eigenvalue weighted by atomic mass is 16.2. The number of azo groups is 1. The summed E-state index contributed by atoms with van der Waals surface area (Å²) in [6.45, 7) is 1.54. The van der Waals surface area contributed by atoms with Gasteiger partial charge in [0.2, 0.25) is 5.91 Å². The van der Waals surface area contributed by atoms with Crippen molar-refractivity contribution in [1.29, 1.82) is 0 Å². The Hall–Kier alpha value is -3.10. The van der Waals surface area contributed by atoms with Crippen molar-refractivity contribution in [1.82, 2.24) is 5.01 Å². The van der Waals surface area contributed by atoms with Crippen molar-refractivity contribution >= 4 is 29.2 Å². The molecule has 9 nitrogen and oxygen atoms in total. The Morgan fingerprint density at radius 1 is 1.24 bits per heavy atom. The van der Waals surface area contributed by atoms with Crippen molar-refractivity contribution in [3.8, 4) is 0 Å². The van der Waals surface area contributed by atoms with Crippen LogP contribution in [0.5, 0.6) is 0 Å². The van der Waals surface area contributed by atoms with E-state index in [4.69, 9.17) is 11.5 Å². The Balaban J connectivity index is 2.15. The van der Waals surface area contributed by atoms with Crippen LogP contribution in [-0.2, 0) is 4.79 Å². The fraction of sp³-hybridized carbons (Fsp3) is 0.167. The summed E-state index contributed by atoms with van der Waals surface area (Å²) >= 11 is 0. The molecule has 0 fully saturated rings. The van der Waals surface area contributed by atoms with Gasteiger partial charge in [0.05, 0.1) is 11.4 Å². The summed E-state index contributed by atoms with van der Waals surface area (Å²) in [5.41, 5.74) is 11.2. The third-order valence-corrected chi connectivity index (χ3v) is 2.75. The largest absolute Gasteiger partial charge is 0.366 e. The Morgan fingerprint density at radius 2 is 1.86 bits per heavy atom. The highest BCUT2D eigenvalue weighted by Crippen LogP contribution is 2.17. The zero-order valence-electron chi connectivity index (χ0n) is 11.1. The number of urea groups is 1. The first-order valence-electron chi connectivity index (χ1n) is 5.89. The predicted molar refractivity (Wildman–Crippen MR) is 72.8 cm³/mol. The molecule has 0 spiro atoms. The Bertz CT molecular complexity index is 664. The highest BCUT2D eigenvalue weighted by molar-refractivity contribution is 6.15. The van der Waals surface area contributed by atoms with E-state index < -0.39 is 23.9 Å². The Labute approximate surface area is 119 Å². The van der Waals surface area contributed by atoms with Gasteiger partial charge >= 0.3 is 6.03 Å². The van der Waals surface area contributed by atoms with E-state index in [0.717, 1.165) is 0 Å². The third-order valence-electron chi connectivity index (χ3n) is 2.75. The van der Waals surface area contributed by atoms with Gasteiger partial charge in [0.25, 0.3) is 5.91 Å². The van der Waals surface area contributed by atoms with Crippen LogP contribution in [0, 0.1) is 0 Å². The van der Waals surface area contributed by atoms with Crippen LogP contribution in [0.25, 0.3) is 0 Å². The molecule has 1 heterocycles. The quantitative estimate of drug-likeness (QED) is 0.783. The lowest BCUT2D eigenvalue weighted by atomic mass is 10.2. The lowest BCUT2D eigenvalue weighted by Crippen LogP contribution is -2.37. The maximum atomic E-state index is 11.8. The molecule has 4 N–H and O–H groups in total. The van der Waals surface area contributed by atoms with Crippen LogP contribution in [0.4, 0.5) is 10.5 Å². The van der Waals surface area contributed by atoms with Crippen LogP contribution in [0.1, 0.15) is 17.3 Å². The summed E-state index contributed by atoms with van der Waals surface area (Å²) in [5.74, 6) is -1.21. The van der Waals surface area contributed by atoms with Crippen LogP contribution in [-0.4, -0.2) is 34.6 Å². The van der Waals surface area contributed by atoms with E-state index >= 15 is 0 Å². The first-order valence-corrected chi connectivity index (χ1v) is 5.89. The lowest BCUT2D eigenvalue weighted by molar-refractivity contribution is -0.126. The molecule has 0 saturated heterocycles. The molecule has 0 aromatic heterocycles. The van der Waals surface area contributed by atoms with Crippen LogP contribution < -0.4 is 11.5 Å². The summed E-state index contributed by atoms with van der Waals surface area (Å²) in [6, 6.07) is 4.09. The standard InChI is InChI=1S/C12H12N6O3/c1-6-9(11(20)18(17-6)12(14)21)16-15-8-4-2-7(3-5-8)10(13)19/h2-5,9H,1H3,(H2,13,19)(H2,14,21)/t9-/m0/s1. The van der Waals surface area contributed by atoms with Crippen molar-refractivity contribution in [2.45, 2.75) is 13.0 Å². The first-order chi connectivity index (χ1) is 9.90. The van der Waals surface area contributed by atoms with E-state index in [-0.39, 0.29) is 0 Å². The number of imide groups is 1. The number of hydrazone groups is 1. The molecule has 1 aliphatic rings. The Kier molecular flexibility index (Phi) is 3.74. The minimum atomic E-state index is -0.978. The van der Waals surface area contributed by atoms with Crippen molar-refractivity contribution in [2.75, 3.05) is 0 Å². The fourth-order valence-corrected chi connectivity index (χ4v) is 1.66. The van der Waals surface area contributed by atoms with E-state index in [9.17, 15) is 14.4 Å². The number of carbonyl (C=O) groups is 3. The molecule has 0 aliphatic carbocycles. The number of hydrogen-bond donors (Lipinski definition) is 2. The molecule has 1 atom stereocenters. The monoisotopic (exact) mass is 288 g/mol. The van der Waals surface area contributed by atoms with Gasteiger partial charge in [-0.3, -0.25) is 9.59 Å². The van der Waals surface area contributed by atoms with Crippen molar-refractivity contribution in [2.24, 2.45) is 26.8 Å². The molecule has 0 unspecified atom stereocenters. The number of amides is 4. The molecular formula is C12H12N6O3. The minimum Gasteiger partial charge on any atom is -0.366 e. The summed E-state index contributed by atoms with van der Waals surface area (Å²) in [7, 11) is 0. The Morgan fingerprint density at radius 3 is 2.33 bits per heavy atom. The van der Waals surface area contributed by atoms with E-state index in [1.54, 1.807) is 6.92 Å². The minimum absolute atomic E-state index is 0.316. The van der Waals surface area contributed by atoms with Gasteiger partial charge in [-0.05, 0) is 31.2 Å². The maximum Gasteiger partial charge on any atom is 0.342 e. The van der Waals surface area contributed by atoms with E-state index in [1.165, 1.54) is 24.3 Å². The average molecular weight is 288 g/mol. The molecule has 2 rings (SSSR count). The zero-order valence-corrected chi connectivity index (χ0v) is 11.1. The molecule has 0 bridgehead atoms. The van der Waals surface area contributed by atoms with Crippen molar-refractivity contribution < 1.29 is 14.4 Å². The second-order valence-corrected chi connectivity index (χ2v) is 4.26. The second-order valence-electron chi connectivity index (χ2n) is 4.26. The number of rotatable bonds is 3. The fourth-order valence-electron chi connectivity index (χ4n) is 1.66. The number of nitrogens with two attached hydrogens (primary N) is 2. The number of benzene rings is 1. The molecule has 21 heavy (non-hydrogen) atoms. The molecule has 4 amide bonds. The van der Waals surface area contributed by atoms with E-state index in [2.05, 4.69) is 15.3 Å². The van der Waals surface area contributed by atoms with Crippen molar-refractivity contribution in [3.63, 3.8) is 0 Å². The van der Waals surface area contributed by atoms with Gasteiger partial charge in [0.1, 0.15) is 0 Å². The van der Waals surface area contributed by atoms with Gasteiger partial charge in [-0.2, -0.15) is 15.3 Å². The van der Waals surface area contributed by atoms with Gasteiger partial charge in [0.15, 0.2) is 6.04 Å². The normalized spacial score (nSPS) is 18.1. The van der Waals surface area contributed by atoms with E-state index in [1.807, 2.05) is 0 Å². The maximum absolute atomic E-state index is 11.8. The van der Waals surface area contributed by atoms with Gasteiger partial charge < -0.3 is 11.5 Å². The average Bonchev–Trinajstić information content (AvgIpc) is 2.72. The number of carbonyl (C=O) groups excluding carboxylic acids is 3. The summed E-state index contributed by atoms with van der Waals surface area (Å²) in [4.78, 5) is 33.7. The summed E-state index contributed by atoms with van der Waals surface area (Å²) in [5, 5.41) is 12.0. The molecule has 1 aromatic rings. The highest BCUT2D eigenvalue weighted by Gasteiger charge is 2.36. The van der Waals surface area contributed by atoms with E-state index in [0.29, 0.717) is 22.0 Å².